The molecule has 1 aromatic heterocycles. The van der Waals surface area contributed by atoms with E-state index in [2.05, 4.69) is 20.6 Å². The molecular formula is C21H22N6O3. The Balaban J connectivity index is 1.96. The minimum atomic E-state index is -0.995. The highest BCUT2D eigenvalue weighted by Gasteiger charge is 2.21. The average Bonchev–Trinajstić information content (AvgIpc) is 2.65. The molecule has 9 heteroatoms. The van der Waals surface area contributed by atoms with Gasteiger partial charge >= 0.3 is 0 Å². The van der Waals surface area contributed by atoms with Gasteiger partial charge in [-0.3, -0.25) is 9.59 Å². The van der Waals surface area contributed by atoms with Gasteiger partial charge in [0.15, 0.2) is 0 Å². The number of nitrogens with one attached hydrogen (secondary N) is 2. The maximum absolute atomic E-state index is 12.0. The van der Waals surface area contributed by atoms with Gasteiger partial charge in [0.2, 0.25) is 11.9 Å². The topological polar surface area (TPSA) is 156 Å². The number of primary amides is 2. The van der Waals surface area contributed by atoms with Crippen LogP contribution in [0.3, 0.4) is 0 Å². The molecule has 0 saturated heterocycles. The molecule has 2 amide bonds. The van der Waals surface area contributed by atoms with E-state index in [4.69, 9.17) is 11.5 Å². The minimum Gasteiger partial charge on any atom is -0.508 e. The van der Waals surface area contributed by atoms with E-state index in [0.717, 1.165) is 16.8 Å². The highest BCUT2D eigenvalue weighted by Crippen LogP contribution is 2.25. The largest absolute Gasteiger partial charge is 0.508 e. The van der Waals surface area contributed by atoms with Crippen molar-refractivity contribution in [1.29, 1.82) is 0 Å². The van der Waals surface area contributed by atoms with Crippen molar-refractivity contribution in [3.8, 4) is 5.75 Å². The molecule has 30 heavy (non-hydrogen) atoms. The SMILES string of the molecule is Cc1cc(C)cc(Nc2nc(NC(C(N)=O)c3cccc(O)c3)ncc2C(N)=O)c1. The number of aromatic nitrogens is 2. The zero-order chi connectivity index (χ0) is 21.8. The number of carbonyl (C=O) groups excluding carboxylic acids is 2. The lowest BCUT2D eigenvalue weighted by Crippen LogP contribution is -2.28. The molecule has 0 bridgehead atoms. The van der Waals surface area contributed by atoms with Gasteiger partial charge in [0.05, 0.1) is 0 Å². The number of hydrogen-bond acceptors (Lipinski definition) is 7. The summed E-state index contributed by atoms with van der Waals surface area (Å²) in [6.07, 6.45) is 1.27. The van der Waals surface area contributed by atoms with E-state index < -0.39 is 17.9 Å². The molecular weight excluding hydrogens is 384 g/mol. The van der Waals surface area contributed by atoms with Gasteiger partial charge < -0.3 is 27.2 Å². The van der Waals surface area contributed by atoms with E-state index in [1.165, 1.54) is 18.3 Å². The van der Waals surface area contributed by atoms with Crippen LogP contribution in [0, 0.1) is 13.8 Å². The number of rotatable bonds is 7. The number of aryl methyl sites for hydroxylation is 2. The number of nitrogens with zero attached hydrogens (tertiary/aromatic N) is 2. The fourth-order valence-electron chi connectivity index (χ4n) is 3.06. The molecule has 0 aliphatic heterocycles. The van der Waals surface area contributed by atoms with E-state index in [-0.39, 0.29) is 23.1 Å². The first-order valence-electron chi connectivity index (χ1n) is 9.10. The average molecular weight is 406 g/mol. The maximum atomic E-state index is 12.0. The first-order valence-corrected chi connectivity index (χ1v) is 9.10. The zero-order valence-electron chi connectivity index (χ0n) is 16.5. The second kappa shape index (κ2) is 8.48. The molecule has 1 heterocycles. The molecule has 1 atom stereocenters. The molecule has 0 aliphatic carbocycles. The third kappa shape index (κ3) is 4.82. The Hall–Kier alpha value is -4.14. The van der Waals surface area contributed by atoms with Crippen molar-refractivity contribution in [2.24, 2.45) is 11.5 Å². The maximum Gasteiger partial charge on any atom is 0.254 e. The molecule has 1 unspecified atom stereocenters. The minimum absolute atomic E-state index is 0.0114. The van der Waals surface area contributed by atoms with E-state index >= 15 is 0 Å². The molecule has 3 rings (SSSR count). The van der Waals surface area contributed by atoms with Gasteiger partial charge in [0.1, 0.15) is 23.2 Å². The summed E-state index contributed by atoms with van der Waals surface area (Å²) in [5, 5.41) is 15.6. The molecule has 0 radical (unpaired) electrons. The first kappa shape index (κ1) is 20.6. The van der Waals surface area contributed by atoms with Crippen molar-refractivity contribution in [2.75, 3.05) is 10.6 Å². The Kier molecular flexibility index (Phi) is 5.82. The zero-order valence-corrected chi connectivity index (χ0v) is 16.5. The van der Waals surface area contributed by atoms with Crippen LogP contribution < -0.4 is 22.1 Å². The highest BCUT2D eigenvalue weighted by atomic mass is 16.3. The first-order chi connectivity index (χ1) is 14.2. The van der Waals surface area contributed by atoms with Gasteiger partial charge in [-0.25, -0.2) is 4.98 Å². The lowest BCUT2D eigenvalue weighted by molar-refractivity contribution is -0.118. The summed E-state index contributed by atoms with van der Waals surface area (Å²) >= 11 is 0. The fourth-order valence-corrected chi connectivity index (χ4v) is 3.06. The summed E-state index contributed by atoms with van der Waals surface area (Å²) in [5.41, 5.74) is 14.3. The van der Waals surface area contributed by atoms with Crippen LogP contribution in [-0.4, -0.2) is 26.9 Å². The molecule has 3 aromatic rings. The lowest BCUT2D eigenvalue weighted by Gasteiger charge is -2.17. The smallest absolute Gasteiger partial charge is 0.254 e. The number of hydrogen-bond donors (Lipinski definition) is 5. The number of phenolic OH excluding ortho intramolecular Hbond substituents is 1. The van der Waals surface area contributed by atoms with E-state index in [1.807, 2.05) is 32.0 Å². The van der Waals surface area contributed by atoms with Crippen LogP contribution in [0.2, 0.25) is 0 Å². The number of anilines is 3. The third-order valence-electron chi connectivity index (χ3n) is 4.30. The second-order valence-corrected chi connectivity index (χ2v) is 6.90. The van der Waals surface area contributed by atoms with Crippen LogP contribution in [0.4, 0.5) is 17.5 Å². The van der Waals surface area contributed by atoms with Gasteiger partial charge in [-0.05, 0) is 54.8 Å². The Morgan fingerprint density at radius 3 is 2.37 bits per heavy atom. The summed E-state index contributed by atoms with van der Waals surface area (Å²) in [7, 11) is 0. The Bertz CT molecular complexity index is 1100. The molecule has 2 aromatic carbocycles. The molecule has 0 saturated carbocycles. The lowest BCUT2D eigenvalue weighted by atomic mass is 10.1. The second-order valence-electron chi connectivity index (χ2n) is 6.90. The quantitative estimate of drug-likeness (QED) is 0.403. The van der Waals surface area contributed by atoms with Crippen molar-refractivity contribution < 1.29 is 14.7 Å². The van der Waals surface area contributed by atoms with Gasteiger partial charge in [-0.15, -0.1) is 0 Å². The standard InChI is InChI=1S/C21H22N6O3/c1-11-6-12(2)8-14(7-11)25-20-16(18(22)29)10-24-21(27-20)26-17(19(23)30)13-4-3-5-15(28)9-13/h3-10,17,28H,1-2H3,(H2,22,29)(H2,23,30)(H2,24,25,26,27). The van der Waals surface area contributed by atoms with E-state index in [9.17, 15) is 14.7 Å². The molecule has 7 N–H and O–H groups in total. The van der Waals surface area contributed by atoms with E-state index in [0.29, 0.717) is 5.56 Å². The molecule has 154 valence electrons. The number of carbonyl (C=O) groups is 2. The van der Waals surface area contributed by atoms with E-state index in [1.54, 1.807) is 12.1 Å². The summed E-state index contributed by atoms with van der Waals surface area (Å²) in [6.45, 7) is 3.90. The van der Waals surface area contributed by atoms with Crippen molar-refractivity contribution >= 4 is 29.3 Å². The monoisotopic (exact) mass is 406 g/mol. The highest BCUT2D eigenvalue weighted by molar-refractivity contribution is 5.98. The Morgan fingerprint density at radius 2 is 1.77 bits per heavy atom. The summed E-state index contributed by atoms with van der Waals surface area (Å²) in [5.74, 6) is -1.16. The van der Waals surface area contributed by atoms with Crippen molar-refractivity contribution in [3.63, 3.8) is 0 Å². The third-order valence-corrected chi connectivity index (χ3v) is 4.30. The van der Waals surface area contributed by atoms with Crippen LogP contribution >= 0.6 is 0 Å². The molecule has 0 aliphatic rings. The van der Waals surface area contributed by atoms with Crippen LogP contribution in [0.1, 0.15) is 33.1 Å². The van der Waals surface area contributed by atoms with Gasteiger partial charge in [0, 0.05) is 11.9 Å². The van der Waals surface area contributed by atoms with Crippen LogP contribution in [0.25, 0.3) is 0 Å². The Morgan fingerprint density at radius 1 is 1.07 bits per heavy atom. The summed E-state index contributed by atoms with van der Waals surface area (Å²) < 4.78 is 0. The van der Waals surface area contributed by atoms with Crippen molar-refractivity contribution in [3.05, 3.63) is 70.9 Å². The van der Waals surface area contributed by atoms with Crippen molar-refractivity contribution in [2.45, 2.75) is 19.9 Å². The summed E-state index contributed by atoms with van der Waals surface area (Å²) in [4.78, 5) is 32.2. The number of benzene rings is 2. The number of amides is 2. The van der Waals surface area contributed by atoms with Crippen LogP contribution in [0.15, 0.2) is 48.7 Å². The van der Waals surface area contributed by atoms with Crippen molar-refractivity contribution in [1.82, 2.24) is 9.97 Å². The molecule has 0 fully saturated rings. The molecule has 0 spiro atoms. The fraction of sp³-hybridized carbons (Fsp3) is 0.143. The Labute approximate surface area is 173 Å². The predicted molar refractivity (Wildman–Crippen MR) is 113 cm³/mol. The van der Waals surface area contributed by atoms with Crippen LogP contribution in [-0.2, 0) is 4.79 Å². The van der Waals surface area contributed by atoms with Crippen LogP contribution in [0.5, 0.6) is 5.75 Å². The molecule has 9 nitrogen and oxygen atoms in total. The number of nitrogens with two attached hydrogens (primary N) is 2. The van der Waals surface area contributed by atoms with Gasteiger partial charge in [-0.2, -0.15) is 4.98 Å². The van der Waals surface area contributed by atoms with Gasteiger partial charge in [-0.1, -0.05) is 18.2 Å². The number of phenols is 1. The predicted octanol–water partition coefficient (Wildman–Crippen LogP) is 2.28. The number of aromatic hydroxyl groups is 1. The normalized spacial score (nSPS) is 11.5. The van der Waals surface area contributed by atoms with Gasteiger partial charge in [0.25, 0.3) is 5.91 Å². The summed E-state index contributed by atoms with van der Waals surface area (Å²) in [6, 6.07) is 10.9.